The van der Waals surface area contributed by atoms with Gasteiger partial charge in [0.2, 0.25) is 0 Å². The van der Waals surface area contributed by atoms with E-state index < -0.39 is 0 Å². The average Bonchev–Trinajstić information content (AvgIpc) is 2.14. The van der Waals surface area contributed by atoms with E-state index in [1.54, 1.807) is 0 Å². The lowest BCUT2D eigenvalue weighted by Crippen LogP contribution is -2.30. The van der Waals surface area contributed by atoms with Crippen LogP contribution < -0.4 is 15.4 Å². The van der Waals surface area contributed by atoms with Gasteiger partial charge >= 0.3 is 0 Å². The maximum atomic E-state index is 5.98. The van der Waals surface area contributed by atoms with Gasteiger partial charge in [-0.2, -0.15) is 0 Å². The Kier molecular flexibility index (Phi) is 2.02. The molecular weight excluding hydrogens is 176 g/mol. The number of anilines is 2. The molecule has 3 nitrogen and oxygen atoms in total. The van der Waals surface area contributed by atoms with Gasteiger partial charge in [0, 0.05) is 7.05 Å². The van der Waals surface area contributed by atoms with Gasteiger partial charge in [-0.3, -0.25) is 0 Å². The second-order valence-corrected chi connectivity index (χ2v) is 3.87. The van der Waals surface area contributed by atoms with Crippen molar-refractivity contribution < 1.29 is 4.74 Å². The van der Waals surface area contributed by atoms with Crippen LogP contribution in [0.3, 0.4) is 0 Å². The summed E-state index contributed by atoms with van der Waals surface area (Å²) in [6, 6.07) is 2.11. The van der Waals surface area contributed by atoms with Crippen LogP contribution in [0.15, 0.2) is 6.07 Å². The Morgan fingerprint density at radius 3 is 2.79 bits per heavy atom. The van der Waals surface area contributed by atoms with Crippen LogP contribution in [0.5, 0.6) is 5.75 Å². The highest BCUT2D eigenvalue weighted by Gasteiger charge is 2.20. The molecule has 0 aromatic heterocycles. The smallest absolute Gasteiger partial charge is 0.166 e. The minimum Gasteiger partial charge on any atom is -0.487 e. The van der Waals surface area contributed by atoms with Gasteiger partial charge in [0.05, 0.1) is 17.9 Å². The van der Waals surface area contributed by atoms with Crippen LogP contribution in [0.25, 0.3) is 0 Å². The lowest BCUT2D eigenvalue weighted by molar-refractivity contribution is 0.312. The number of nitrogens with zero attached hydrogens (tertiary/aromatic N) is 1. The molecule has 2 rings (SSSR count). The molecule has 0 saturated heterocycles. The van der Waals surface area contributed by atoms with E-state index in [-0.39, 0.29) is 0 Å². The number of aryl methyl sites for hydroxylation is 2. The first kappa shape index (κ1) is 9.19. The Morgan fingerprint density at radius 1 is 1.36 bits per heavy atom. The second kappa shape index (κ2) is 3.08. The summed E-state index contributed by atoms with van der Waals surface area (Å²) in [5.41, 5.74) is 10.2. The Bertz CT molecular complexity index is 374. The minimum absolute atomic E-state index is 0.719. The largest absolute Gasteiger partial charge is 0.487 e. The topological polar surface area (TPSA) is 38.5 Å². The summed E-state index contributed by atoms with van der Waals surface area (Å²) >= 11 is 0. The summed E-state index contributed by atoms with van der Waals surface area (Å²) in [5, 5.41) is 0. The molecule has 3 heteroatoms. The molecule has 0 atom stereocenters. The fraction of sp³-hybridized carbons (Fsp3) is 0.455. The number of rotatable bonds is 0. The van der Waals surface area contributed by atoms with Crippen molar-refractivity contribution in [2.45, 2.75) is 13.8 Å². The standard InChI is InChI=1S/C11H16N2O/c1-7-6-8(2)10-11(9(7)12)14-5-4-13(10)3/h6H,4-5,12H2,1-3H3. The summed E-state index contributed by atoms with van der Waals surface area (Å²) in [7, 11) is 2.07. The number of nitrogen functional groups attached to an aromatic ring is 1. The van der Waals surface area contributed by atoms with Crippen molar-refractivity contribution >= 4 is 11.4 Å². The summed E-state index contributed by atoms with van der Waals surface area (Å²) < 4.78 is 5.62. The molecule has 76 valence electrons. The molecule has 0 bridgehead atoms. The van der Waals surface area contributed by atoms with Crippen molar-refractivity contribution in [2.24, 2.45) is 0 Å². The van der Waals surface area contributed by atoms with E-state index in [2.05, 4.69) is 24.9 Å². The van der Waals surface area contributed by atoms with Crippen molar-refractivity contribution in [1.29, 1.82) is 0 Å². The van der Waals surface area contributed by atoms with Gasteiger partial charge in [-0.1, -0.05) is 6.07 Å². The Balaban J connectivity index is 2.66. The zero-order valence-corrected chi connectivity index (χ0v) is 8.92. The fourth-order valence-corrected chi connectivity index (χ4v) is 1.97. The van der Waals surface area contributed by atoms with Gasteiger partial charge < -0.3 is 15.4 Å². The molecule has 0 fully saturated rings. The van der Waals surface area contributed by atoms with E-state index in [9.17, 15) is 0 Å². The third-order valence-corrected chi connectivity index (χ3v) is 2.75. The van der Waals surface area contributed by atoms with E-state index in [1.807, 2.05) is 6.92 Å². The maximum Gasteiger partial charge on any atom is 0.166 e. The van der Waals surface area contributed by atoms with E-state index in [4.69, 9.17) is 10.5 Å². The van der Waals surface area contributed by atoms with Crippen molar-refractivity contribution in [2.75, 3.05) is 30.8 Å². The highest BCUT2D eigenvalue weighted by molar-refractivity contribution is 5.76. The number of ether oxygens (including phenoxy) is 1. The molecule has 2 N–H and O–H groups in total. The number of likely N-dealkylation sites (N-methyl/N-ethyl adjacent to an activating group) is 1. The predicted molar refractivity (Wildman–Crippen MR) is 59.1 cm³/mol. The highest BCUT2D eigenvalue weighted by Crippen LogP contribution is 2.40. The molecule has 14 heavy (non-hydrogen) atoms. The molecular formula is C11H16N2O. The quantitative estimate of drug-likeness (QED) is 0.636. The second-order valence-electron chi connectivity index (χ2n) is 3.87. The lowest BCUT2D eigenvalue weighted by atomic mass is 10.1. The molecule has 1 aliphatic heterocycles. The van der Waals surface area contributed by atoms with Crippen molar-refractivity contribution in [3.8, 4) is 5.75 Å². The summed E-state index contributed by atoms with van der Waals surface area (Å²) in [6.07, 6.45) is 0. The summed E-state index contributed by atoms with van der Waals surface area (Å²) in [5.74, 6) is 0.858. The van der Waals surface area contributed by atoms with Crippen LogP contribution in [-0.4, -0.2) is 20.2 Å². The monoisotopic (exact) mass is 192 g/mol. The van der Waals surface area contributed by atoms with Gasteiger partial charge in [0.1, 0.15) is 6.61 Å². The number of nitrogens with two attached hydrogens (primary N) is 1. The normalized spacial score (nSPS) is 14.9. The first-order valence-corrected chi connectivity index (χ1v) is 4.85. The van der Waals surface area contributed by atoms with Crippen molar-refractivity contribution in [3.63, 3.8) is 0 Å². The zero-order chi connectivity index (χ0) is 10.3. The minimum atomic E-state index is 0.719. The van der Waals surface area contributed by atoms with Crippen molar-refractivity contribution in [1.82, 2.24) is 0 Å². The Labute approximate surface area is 84.5 Å². The third-order valence-electron chi connectivity index (χ3n) is 2.75. The highest BCUT2D eigenvalue weighted by atomic mass is 16.5. The molecule has 1 heterocycles. The molecule has 0 amide bonds. The van der Waals surface area contributed by atoms with Gasteiger partial charge in [0.15, 0.2) is 5.75 Å². The van der Waals surface area contributed by atoms with Gasteiger partial charge in [-0.15, -0.1) is 0 Å². The fourth-order valence-electron chi connectivity index (χ4n) is 1.97. The lowest BCUT2D eigenvalue weighted by Gasteiger charge is -2.30. The molecule has 0 unspecified atom stereocenters. The van der Waals surface area contributed by atoms with Crippen LogP contribution in [0.2, 0.25) is 0 Å². The van der Waals surface area contributed by atoms with Crippen LogP contribution in [0.4, 0.5) is 11.4 Å². The first-order chi connectivity index (χ1) is 6.61. The molecule has 0 radical (unpaired) electrons. The number of hydrogen-bond acceptors (Lipinski definition) is 3. The molecule has 1 aromatic rings. The van der Waals surface area contributed by atoms with E-state index in [0.29, 0.717) is 0 Å². The molecule has 1 aliphatic rings. The average molecular weight is 192 g/mol. The number of hydrogen-bond donors (Lipinski definition) is 1. The van der Waals surface area contributed by atoms with Gasteiger partial charge in [0.25, 0.3) is 0 Å². The summed E-state index contributed by atoms with van der Waals surface area (Å²) in [4.78, 5) is 2.20. The van der Waals surface area contributed by atoms with Crippen LogP contribution in [0.1, 0.15) is 11.1 Å². The molecule has 0 aliphatic carbocycles. The van der Waals surface area contributed by atoms with Crippen LogP contribution in [0, 0.1) is 13.8 Å². The van der Waals surface area contributed by atoms with Gasteiger partial charge in [-0.05, 0) is 25.0 Å². The van der Waals surface area contributed by atoms with Crippen molar-refractivity contribution in [3.05, 3.63) is 17.2 Å². The molecule has 0 spiro atoms. The zero-order valence-electron chi connectivity index (χ0n) is 8.92. The molecule has 0 saturated carbocycles. The van der Waals surface area contributed by atoms with Crippen LogP contribution in [-0.2, 0) is 0 Å². The number of fused-ring (bicyclic) bond motifs is 1. The predicted octanol–water partition coefficient (Wildman–Crippen LogP) is 1.71. The first-order valence-electron chi connectivity index (χ1n) is 4.85. The van der Waals surface area contributed by atoms with E-state index >= 15 is 0 Å². The van der Waals surface area contributed by atoms with E-state index in [1.165, 1.54) is 5.56 Å². The SMILES string of the molecule is Cc1cc(C)c2c(c1N)OCCN2C. The third kappa shape index (κ3) is 1.20. The van der Waals surface area contributed by atoms with E-state index in [0.717, 1.165) is 35.8 Å². The Morgan fingerprint density at radius 2 is 2.07 bits per heavy atom. The maximum absolute atomic E-state index is 5.98. The van der Waals surface area contributed by atoms with Crippen LogP contribution >= 0.6 is 0 Å². The van der Waals surface area contributed by atoms with Gasteiger partial charge in [-0.25, -0.2) is 0 Å². The number of benzene rings is 1. The molecule has 1 aromatic carbocycles. The summed E-state index contributed by atoms with van der Waals surface area (Å²) in [6.45, 7) is 5.75. The Hall–Kier alpha value is -1.38.